The van der Waals surface area contributed by atoms with E-state index in [-0.39, 0.29) is 6.42 Å². The highest BCUT2D eigenvalue weighted by Crippen LogP contribution is 2.10. The largest absolute Gasteiger partial charge is 0.481 e. The van der Waals surface area contributed by atoms with Gasteiger partial charge in [-0.25, -0.2) is 4.98 Å². The van der Waals surface area contributed by atoms with Crippen LogP contribution < -0.4 is 5.73 Å². The molecule has 0 bridgehead atoms. The number of aromatic nitrogens is 2. The van der Waals surface area contributed by atoms with Gasteiger partial charge >= 0.3 is 5.97 Å². The fourth-order valence-corrected chi connectivity index (χ4v) is 1.03. The van der Waals surface area contributed by atoms with Crippen LogP contribution in [-0.4, -0.2) is 20.6 Å². The van der Waals surface area contributed by atoms with Gasteiger partial charge in [-0.2, -0.15) is 0 Å². The minimum absolute atomic E-state index is 0.0826. The summed E-state index contributed by atoms with van der Waals surface area (Å²) in [5, 5.41) is 8.49. The van der Waals surface area contributed by atoms with Gasteiger partial charge in [-0.3, -0.25) is 4.79 Å². The zero-order valence-electron chi connectivity index (χ0n) is 7.47. The molecular formula is C8H13N3O2. The summed E-state index contributed by atoms with van der Waals surface area (Å²) in [5.41, 5.74) is 6.24. The predicted molar refractivity (Wildman–Crippen MR) is 47.1 cm³/mol. The number of hydrogen-bond donors (Lipinski definition) is 2. The predicted octanol–water partition coefficient (Wildman–Crippen LogP) is 0.377. The van der Waals surface area contributed by atoms with E-state index in [0.29, 0.717) is 5.69 Å². The van der Waals surface area contributed by atoms with E-state index in [2.05, 4.69) is 4.98 Å². The van der Waals surface area contributed by atoms with Gasteiger partial charge in [0.05, 0.1) is 24.5 Å². The molecule has 1 atom stereocenters. The van der Waals surface area contributed by atoms with Gasteiger partial charge in [0, 0.05) is 12.7 Å². The molecule has 0 aliphatic rings. The number of aryl methyl sites for hydroxylation is 1. The van der Waals surface area contributed by atoms with Gasteiger partial charge < -0.3 is 15.4 Å². The van der Waals surface area contributed by atoms with E-state index in [1.807, 2.05) is 11.5 Å². The van der Waals surface area contributed by atoms with Crippen LogP contribution in [-0.2, 0) is 11.3 Å². The topological polar surface area (TPSA) is 81.1 Å². The standard InChI is InChI=1S/C8H13N3O2/c1-2-11-4-7(10-5-11)6(9)3-8(12)13/h4-6H,2-3,9H2,1H3,(H,12,13)/t6-/m1/s1. The maximum Gasteiger partial charge on any atom is 0.305 e. The molecule has 0 saturated heterocycles. The van der Waals surface area contributed by atoms with Gasteiger partial charge in [0.15, 0.2) is 0 Å². The van der Waals surface area contributed by atoms with E-state index >= 15 is 0 Å². The number of carbonyl (C=O) groups is 1. The minimum atomic E-state index is -0.904. The number of rotatable bonds is 4. The molecule has 0 saturated carbocycles. The maximum atomic E-state index is 10.3. The SMILES string of the molecule is CCn1cnc([C@H](N)CC(=O)O)c1. The third-order valence-electron chi connectivity index (χ3n) is 1.79. The van der Waals surface area contributed by atoms with E-state index < -0.39 is 12.0 Å². The molecule has 0 unspecified atom stereocenters. The summed E-state index contributed by atoms with van der Waals surface area (Å²) in [6.07, 6.45) is 3.34. The molecule has 0 spiro atoms. The van der Waals surface area contributed by atoms with Gasteiger partial charge in [0.25, 0.3) is 0 Å². The van der Waals surface area contributed by atoms with Crippen molar-refractivity contribution < 1.29 is 9.90 Å². The number of aliphatic carboxylic acids is 1. The van der Waals surface area contributed by atoms with Crippen molar-refractivity contribution in [3.8, 4) is 0 Å². The zero-order valence-corrected chi connectivity index (χ0v) is 7.47. The molecule has 1 aromatic heterocycles. The first-order valence-corrected chi connectivity index (χ1v) is 4.12. The molecule has 1 heterocycles. The molecule has 0 amide bonds. The number of carboxylic acid groups (broad SMARTS) is 1. The fourth-order valence-electron chi connectivity index (χ4n) is 1.03. The first-order valence-electron chi connectivity index (χ1n) is 4.12. The van der Waals surface area contributed by atoms with Crippen molar-refractivity contribution in [1.29, 1.82) is 0 Å². The Balaban J connectivity index is 2.65. The van der Waals surface area contributed by atoms with Crippen molar-refractivity contribution in [2.75, 3.05) is 0 Å². The van der Waals surface area contributed by atoms with Crippen molar-refractivity contribution in [3.63, 3.8) is 0 Å². The van der Waals surface area contributed by atoms with Gasteiger partial charge in [-0.1, -0.05) is 0 Å². The quantitative estimate of drug-likeness (QED) is 0.707. The molecule has 1 rings (SSSR count). The number of carboxylic acids is 1. The summed E-state index contributed by atoms with van der Waals surface area (Å²) in [5.74, 6) is -0.904. The van der Waals surface area contributed by atoms with Crippen molar-refractivity contribution in [2.24, 2.45) is 5.73 Å². The fraction of sp³-hybridized carbons (Fsp3) is 0.500. The van der Waals surface area contributed by atoms with E-state index in [4.69, 9.17) is 10.8 Å². The summed E-state index contributed by atoms with van der Waals surface area (Å²) in [6, 6.07) is -0.509. The Hall–Kier alpha value is -1.36. The number of nitrogens with two attached hydrogens (primary N) is 1. The lowest BCUT2D eigenvalue weighted by molar-refractivity contribution is -0.137. The Morgan fingerprint density at radius 2 is 2.54 bits per heavy atom. The summed E-state index contributed by atoms with van der Waals surface area (Å²) in [7, 11) is 0. The lowest BCUT2D eigenvalue weighted by Gasteiger charge is -2.03. The highest BCUT2D eigenvalue weighted by Gasteiger charge is 2.12. The Morgan fingerprint density at radius 3 is 3.00 bits per heavy atom. The van der Waals surface area contributed by atoms with Crippen molar-refractivity contribution in [3.05, 3.63) is 18.2 Å². The first-order chi connectivity index (χ1) is 6.13. The second-order valence-corrected chi connectivity index (χ2v) is 2.83. The highest BCUT2D eigenvalue weighted by atomic mass is 16.4. The molecule has 0 radical (unpaired) electrons. The first kappa shape index (κ1) is 9.73. The van der Waals surface area contributed by atoms with Crippen molar-refractivity contribution in [2.45, 2.75) is 25.9 Å². The Morgan fingerprint density at radius 1 is 1.85 bits per heavy atom. The van der Waals surface area contributed by atoms with Gasteiger partial charge in [0.1, 0.15) is 0 Å². The molecule has 72 valence electrons. The minimum Gasteiger partial charge on any atom is -0.481 e. The van der Waals surface area contributed by atoms with Crippen LogP contribution >= 0.6 is 0 Å². The smallest absolute Gasteiger partial charge is 0.305 e. The van der Waals surface area contributed by atoms with E-state index in [9.17, 15) is 4.79 Å². The summed E-state index contributed by atoms with van der Waals surface area (Å²) >= 11 is 0. The van der Waals surface area contributed by atoms with Crippen LogP contribution in [0.5, 0.6) is 0 Å². The molecule has 0 aliphatic heterocycles. The number of hydrogen-bond acceptors (Lipinski definition) is 3. The van der Waals surface area contributed by atoms with Crippen LogP contribution in [0.4, 0.5) is 0 Å². The zero-order chi connectivity index (χ0) is 9.84. The third kappa shape index (κ3) is 2.55. The second kappa shape index (κ2) is 4.04. The number of nitrogens with zero attached hydrogens (tertiary/aromatic N) is 2. The average Bonchev–Trinajstić information content (AvgIpc) is 2.50. The van der Waals surface area contributed by atoms with Gasteiger partial charge in [-0.05, 0) is 6.92 Å². The monoisotopic (exact) mass is 183 g/mol. The molecule has 0 aliphatic carbocycles. The van der Waals surface area contributed by atoms with Gasteiger partial charge in [-0.15, -0.1) is 0 Å². The van der Waals surface area contributed by atoms with E-state index in [1.54, 1.807) is 12.5 Å². The Bertz CT molecular complexity index is 295. The van der Waals surface area contributed by atoms with Crippen LogP contribution in [0.3, 0.4) is 0 Å². The van der Waals surface area contributed by atoms with Gasteiger partial charge in [0.2, 0.25) is 0 Å². The maximum absolute atomic E-state index is 10.3. The Labute approximate surface area is 76.2 Å². The molecule has 0 fully saturated rings. The lowest BCUT2D eigenvalue weighted by atomic mass is 10.2. The normalized spacial score (nSPS) is 12.8. The van der Waals surface area contributed by atoms with Crippen LogP contribution in [0.2, 0.25) is 0 Å². The summed E-state index contributed by atoms with van der Waals surface area (Å²) in [4.78, 5) is 14.4. The molecule has 5 heteroatoms. The molecule has 5 nitrogen and oxygen atoms in total. The molecular weight excluding hydrogens is 170 g/mol. The van der Waals surface area contributed by atoms with Crippen LogP contribution in [0.15, 0.2) is 12.5 Å². The Kier molecular flexibility index (Phi) is 3.02. The van der Waals surface area contributed by atoms with Crippen molar-refractivity contribution >= 4 is 5.97 Å². The molecule has 1 aromatic rings. The van der Waals surface area contributed by atoms with E-state index in [1.165, 1.54) is 0 Å². The summed E-state index contributed by atoms with van der Waals surface area (Å²) < 4.78 is 1.86. The van der Waals surface area contributed by atoms with Crippen LogP contribution in [0, 0.1) is 0 Å². The highest BCUT2D eigenvalue weighted by molar-refractivity contribution is 5.67. The summed E-state index contributed by atoms with van der Waals surface area (Å²) in [6.45, 7) is 2.79. The molecule has 3 N–H and O–H groups in total. The van der Waals surface area contributed by atoms with E-state index in [0.717, 1.165) is 6.54 Å². The van der Waals surface area contributed by atoms with Crippen molar-refractivity contribution in [1.82, 2.24) is 9.55 Å². The number of imidazole rings is 1. The molecule has 0 aromatic carbocycles. The second-order valence-electron chi connectivity index (χ2n) is 2.83. The average molecular weight is 183 g/mol. The third-order valence-corrected chi connectivity index (χ3v) is 1.79. The van der Waals surface area contributed by atoms with Crippen LogP contribution in [0.1, 0.15) is 25.1 Å². The lowest BCUT2D eigenvalue weighted by Crippen LogP contribution is -2.15. The molecule has 13 heavy (non-hydrogen) atoms. The van der Waals surface area contributed by atoms with Crippen LogP contribution in [0.25, 0.3) is 0 Å².